The third kappa shape index (κ3) is 3.36. The maximum absolute atomic E-state index is 2.53. The van der Waals surface area contributed by atoms with Gasteiger partial charge in [-0.05, 0) is 52.5 Å². The molecule has 0 N–H and O–H groups in total. The van der Waals surface area contributed by atoms with Crippen LogP contribution < -0.4 is 15.9 Å². The van der Waals surface area contributed by atoms with Crippen LogP contribution in [-0.4, -0.2) is 14.2 Å². The Morgan fingerprint density at radius 2 is 1.03 bits per heavy atom. The Morgan fingerprint density at radius 3 is 1.48 bits per heavy atom. The molecule has 4 rings (SSSR count). The molecule has 0 fully saturated rings. The summed E-state index contributed by atoms with van der Waals surface area (Å²) in [5, 5.41) is 4.75. The Hall–Kier alpha value is -1.69. The molecular formula is C29H38PSi+. The van der Waals surface area contributed by atoms with E-state index in [1.165, 1.54) is 6.16 Å². The number of benzene rings is 3. The van der Waals surface area contributed by atoms with E-state index in [9.17, 15) is 0 Å². The largest absolute Gasteiger partial charge is 0.112 e. The van der Waals surface area contributed by atoms with E-state index in [2.05, 4.69) is 126 Å². The molecule has 1 aliphatic rings. The van der Waals surface area contributed by atoms with Crippen LogP contribution in [0, 0.1) is 0 Å². The molecule has 3 aromatic carbocycles. The third-order valence-electron chi connectivity index (χ3n) is 8.18. The van der Waals surface area contributed by atoms with Crippen molar-refractivity contribution in [3.8, 4) is 0 Å². The Kier molecular flexibility index (Phi) is 6.30. The lowest BCUT2D eigenvalue weighted by Gasteiger charge is -2.47. The first-order valence-corrected chi connectivity index (χ1v) is 16.2. The molecule has 0 bridgehead atoms. The Labute approximate surface area is 191 Å². The predicted molar refractivity (Wildman–Crippen MR) is 144 cm³/mol. The second-order valence-electron chi connectivity index (χ2n) is 10.2. The normalized spacial score (nSPS) is 18.0. The standard InChI is InChI=1S/C29H38PSi/c1-22(2)31(23(3)4,24(5)6)29-21-30(25-15-9-7-10-16-25,26-17-11-8-12-18-26)28-20-14-13-19-27(28)29/h7-20,22-24,29H,21H2,1-6H3/q+1. The maximum atomic E-state index is 2.53. The monoisotopic (exact) mass is 445 g/mol. The van der Waals surface area contributed by atoms with Crippen molar-refractivity contribution >= 4 is 31.2 Å². The summed E-state index contributed by atoms with van der Waals surface area (Å²) in [6.45, 7) is 15.2. The van der Waals surface area contributed by atoms with Crippen LogP contribution in [0.3, 0.4) is 0 Å². The summed E-state index contributed by atoms with van der Waals surface area (Å²) >= 11 is 0. The summed E-state index contributed by atoms with van der Waals surface area (Å²) in [6, 6.07) is 32.5. The molecule has 31 heavy (non-hydrogen) atoms. The van der Waals surface area contributed by atoms with Crippen LogP contribution in [-0.2, 0) is 0 Å². The van der Waals surface area contributed by atoms with Crippen LogP contribution in [0.2, 0.25) is 16.6 Å². The van der Waals surface area contributed by atoms with E-state index in [1.54, 1.807) is 21.5 Å². The summed E-state index contributed by atoms with van der Waals surface area (Å²) in [5.41, 5.74) is 4.66. The Balaban J connectivity index is 2.05. The smallest absolute Gasteiger partial charge is 0.0651 e. The van der Waals surface area contributed by atoms with Gasteiger partial charge in [0.2, 0.25) is 0 Å². The Bertz CT molecular complexity index is 946. The molecule has 0 spiro atoms. The van der Waals surface area contributed by atoms with Gasteiger partial charge in [0.25, 0.3) is 0 Å². The first-order valence-electron chi connectivity index (χ1n) is 12.0. The van der Waals surface area contributed by atoms with Crippen molar-refractivity contribution in [2.45, 2.75) is 63.7 Å². The zero-order valence-corrected chi connectivity index (χ0v) is 21.9. The molecule has 2 heteroatoms. The number of rotatable bonds is 6. The topological polar surface area (TPSA) is 0 Å². The molecule has 162 valence electrons. The highest BCUT2D eigenvalue weighted by atomic mass is 31.2. The molecule has 0 saturated heterocycles. The number of fused-ring (bicyclic) bond motifs is 1. The van der Waals surface area contributed by atoms with Gasteiger partial charge in [-0.15, -0.1) is 0 Å². The molecule has 0 aliphatic carbocycles. The van der Waals surface area contributed by atoms with Crippen molar-refractivity contribution in [1.82, 2.24) is 0 Å². The SMILES string of the molecule is CC(C)[Si](C(C)C)(C(C)C)C1C[P+](c2ccccc2)(c2ccccc2)c2ccccc21. The van der Waals surface area contributed by atoms with Crippen molar-refractivity contribution in [2.75, 3.05) is 6.16 Å². The van der Waals surface area contributed by atoms with Gasteiger partial charge in [-0.25, -0.2) is 0 Å². The summed E-state index contributed by atoms with van der Waals surface area (Å²) in [5.74, 6) is 0. The van der Waals surface area contributed by atoms with E-state index in [0.29, 0.717) is 5.54 Å². The van der Waals surface area contributed by atoms with Crippen molar-refractivity contribution < 1.29 is 0 Å². The van der Waals surface area contributed by atoms with Crippen LogP contribution in [0.4, 0.5) is 0 Å². The fourth-order valence-corrected chi connectivity index (χ4v) is 21.2. The van der Waals surface area contributed by atoms with E-state index >= 15 is 0 Å². The predicted octanol–water partition coefficient (Wildman–Crippen LogP) is 7.30. The van der Waals surface area contributed by atoms with Gasteiger partial charge in [0.05, 0.1) is 14.2 Å². The van der Waals surface area contributed by atoms with Gasteiger partial charge in [0.15, 0.2) is 0 Å². The van der Waals surface area contributed by atoms with Crippen molar-refractivity contribution in [2.24, 2.45) is 0 Å². The third-order valence-corrected chi connectivity index (χ3v) is 20.7. The molecule has 1 aliphatic heterocycles. The molecule has 0 nitrogen and oxygen atoms in total. The second-order valence-corrected chi connectivity index (χ2v) is 19.9. The minimum atomic E-state index is -1.68. The number of hydrogen-bond donors (Lipinski definition) is 0. The summed E-state index contributed by atoms with van der Waals surface area (Å²) in [6.07, 6.45) is 1.31. The van der Waals surface area contributed by atoms with Gasteiger partial charge in [0, 0.05) is 5.54 Å². The van der Waals surface area contributed by atoms with Gasteiger partial charge in [-0.1, -0.05) is 96.1 Å². The van der Waals surface area contributed by atoms with Crippen LogP contribution in [0.15, 0.2) is 84.9 Å². The minimum Gasteiger partial charge on any atom is -0.0651 e. The van der Waals surface area contributed by atoms with Gasteiger partial charge >= 0.3 is 0 Å². The molecule has 0 aromatic heterocycles. The molecule has 0 amide bonds. The summed E-state index contributed by atoms with van der Waals surface area (Å²) < 4.78 is 0. The highest BCUT2D eigenvalue weighted by Gasteiger charge is 2.62. The lowest BCUT2D eigenvalue weighted by Crippen LogP contribution is -2.51. The Morgan fingerprint density at radius 1 is 0.613 bits per heavy atom. The average Bonchev–Trinajstić information content (AvgIpc) is 3.11. The van der Waals surface area contributed by atoms with E-state index in [-0.39, 0.29) is 0 Å². The zero-order valence-electron chi connectivity index (χ0n) is 20.0. The fourth-order valence-electron chi connectivity index (χ4n) is 7.24. The van der Waals surface area contributed by atoms with Crippen LogP contribution >= 0.6 is 7.26 Å². The van der Waals surface area contributed by atoms with Gasteiger partial charge in [-0.2, -0.15) is 0 Å². The lowest BCUT2D eigenvalue weighted by molar-refractivity contribution is 0.760. The highest BCUT2D eigenvalue weighted by molar-refractivity contribution is 7.96. The molecule has 0 radical (unpaired) electrons. The van der Waals surface area contributed by atoms with E-state index in [1.807, 2.05) is 0 Å². The summed E-state index contributed by atoms with van der Waals surface area (Å²) in [7, 11) is -3.35. The van der Waals surface area contributed by atoms with Crippen LogP contribution in [0.25, 0.3) is 0 Å². The zero-order chi connectivity index (χ0) is 22.2. The van der Waals surface area contributed by atoms with Crippen LogP contribution in [0.1, 0.15) is 52.6 Å². The van der Waals surface area contributed by atoms with Crippen molar-refractivity contribution in [3.63, 3.8) is 0 Å². The maximum Gasteiger partial charge on any atom is 0.112 e. The molecule has 3 aromatic rings. The molecule has 0 saturated carbocycles. The first kappa shape index (κ1) is 22.5. The van der Waals surface area contributed by atoms with E-state index in [4.69, 9.17) is 0 Å². The van der Waals surface area contributed by atoms with Gasteiger partial charge in [0.1, 0.15) is 23.2 Å². The highest BCUT2D eigenvalue weighted by Crippen LogP contribution is 2.67. The quantitative estimate of drug-likeness (QED) is 0.276. The van der Waals surface area contributed by atoms with E-state index < -0.39 is 15.3 Å². The first-order chi connectivity index (χ1) is 14.9. The second kappa shape index (κ2) is 8.68. The van der Waals surface area contributed by atoms with Crippen LogP contribution in [0.5, 0.6) is 0 Å². The molecule has 1 heterocycles. The van der Waals surface area contributed by atoms with Gasteiger partial charge < -0.3 is 0 Å². The molecule has 1 unspecified atom stereocenters. The molecule has 1 atom stereocenters. The average molecular weight is 446 g/mol. The van der Waals surface area contributed by atoms with Crippen molar-refractivity contribution in [1.29, 1.82) is 0 Å². The fraction of sp³-hybridized carbons (Fsp3) is 0.379. The van der Waals surface area contributed by atoms with Crippen molar-refractivity contribution in [3.05, 3.63) is 90.5 Å². The molecular weight excluding hydrogens is 407 g/mol. The summed E-state index contributed by atoms with van der Waals surface area (Å²) in [4.78, 5) is 0. The number of hydrogen-bond acceptors (Lipinski definition) is 0. The van der Waals surface area contributed by atoms with Gasteiger partial charge in [-0.3, -0.25) is 0 Å². The lowest BCUT2D eigenvalue weighted by atomic mass is 10.2. The van der Waals surface area contributed by atoms with E-state index in [0.717, 1.165) is 16.6 Å². The minimum absolute atomic E-state index is 0.706.